The van der Waals surface area contributed by atoms with Gasteiger partial charge in [0.05, 0.1) is 17.8 Å². The lowest BCUT2D eigenvalue weighted by atomic mass is 10.2. The second-order valence-corrected chi connectivity index (χ2v) is 4.12. The lowest BCUT2D eigenvalue weighted by Gasteiger charge is -2.03. The number of primary amides is 1. The highest BCUT2D eigenvalue weighted by atomic mass is 35.5. The molecule has 1 heterocycles. The lowest BCUT2D eigenvalue weighted by molar-refractivity contribution is 0.1000. The van der Waals surface area contributed by atoms with Gasteiger partial charge in [-0.1, -0.05) is 41.9 Å². The van der Waals surface area contributed by atoms with Gasteiger partial charge >= 0.3 is 0 Å². The van der Waals surface area contributed by atoms with Crippen molar-refractivity contribution in [2.24, 2.45) is 5.73 Å². The van der Waals surface area contributed by atoms with Crippen molar-refractivity contribution in [3.05, 3.63) is 52.3 Å². The smallest absolute Gasteiger partial charge is 0.253 e. The van der Waals surface area contributed by atoms with Crippen molar-refractivity contribution in [1.82, 2.24) is 9.78 Å². The molecule has 0 saturated heterocycles. The number of rotatable bonds is 3. The van der Waals surface area contributed by atoms with Crippen LogP contribution in [0.3, 0.4) is 0 Å². The van der Waals surface area contributed by atoms with Crippen LogP contribution in [-0.2, 0) is 6.54 Å². The highest BCUT2D eigenvalue weighted by Gasteiger charge is 2.17. The van der Waals surface area contributed by atoms with Gasteiger partial charge in [0, 0.05) is 0 Å². The topological polar surface area (TPSA) is 60.9 Å². The predicted molar refractivity (Wildman–Crippen MR) is 66.0 cm³/mol. The Morgan fingerprint density at radius 2 is 2.06 bits per heavy atom. The second kappa shape index (κ2) is 4.59. The summed E-state index contributed by atoms with van der Waals surface area (Å²) in [5.74, 6) is -0.549. The third kappa shape index (κ3) is 2.31. The summed E-state index contributed by atoms with van der Waals surface area (Å²) in [6.07, 6.45) is 0. The molecule has 0 fully saturated rings. The largest absolute Gasteiger partial charge is 0.365 e. The van der Waals surface area contributed by atoms with E-state index < -0.39 is 5.91 Å². The maximum atomic E-state index is 11.2. The molecule has 2 N–H and O–H groups in total. The van der Waals surface area contributed by atoms with Gasteiger partial charge in [0.25, 0.3) is 5.91 Å². The molecule has 0 aliphatic carbocycles. The first-order chi connectivity index (χ1) is 8.09. The Balaban J connectivity index is 2.35. The monoisotopic (exact) mass is 249 g/mol. The third-order valence-corrected chi connectivity index (χ3v) is 2.87. The van der Waals surface area contributed by atoms with Crippen LogP contribution in [0.15, 0.2) is 30.3 Å². The first-order valence-corrected chi connectivity index (χ1v) is 5.54. The quantitative estimate of drug-likeness (QED) is 0.904. The fourth-order valence-corrected chi connectivity index (χ4v) is 2.02. The number of carbonyl (C=O) groups excluding carboxylic acids is 1. The Morgan fingerprint density at radius 3 is 2.59 bits per heavy atom. The highest BCUT2D eigenvalue weighted by Crippen LogP contribution is 2.20. The van der Waals surface area contributed by atoms with Gasteiger partial charge in [0.15, 0.2) is 0 Å². The molecule has 2 rings (SSSR count). The van der Waals surface area contributed by atoms with E-state index in [2.05, 4.69) is 5.10 Å². The number of hydrogen-bond donors (Lipinski definition) is 1. The second-order valence-electron chi connectivity index (χ2n) is 3.76. The Hall–Kier alpha value is -1.81. The van der Waals surface area contributed by atoms with Crippen LogP contribution in [0.25, 0.3) is 0 Å². The van der Waals surface area contributed by atoms with Crippen molar-refractivity contribution in [3.63, 3.8) is 0 Å². The minimum absolute atomic E-state index is 0.291. The van der Waals surface area contributed by atoms with Crippen LogP contribution in [0.5, 0.6) is 0 Å². The summed E-state index contributed by atoms with van der Waals surface area (Å²) < 4.78 is 1.58. The van der Waals surface area contributed by atoms with Crippen LogP contribution in [0.4, 0.5) is 0 Å². The number of hydrogen-bond acceptors (Lipinski definition) is 2. The van der Waals surface area contributed by atoms with Gasteiger partial charge in [0.2, 0.25) is 0 Å². The third-order valence-electron chi connectivity index (χ3n) is 2.49. The van der Waals surface area contributed by atoms with E-state index in [1.807, 2.05) is 30.3 Å². The minimum Gasteiger partial charge on any atom is -0.365 e. The Labute approximate surface area is 104 Å². The minimum atomic E-state index is -0.549. The van der Waals surface area contributed by atoms with Crippen molar-refractivity contribution >= 4 is 17.5 Å². The molecule has 0 saturated carbocycles. The number of nitrogens with zero attached hydrogens (tertiary/aromatic N) is 2. The van der Waals surface area contributed by atoms with Gasteiger partial charge in [-0.25, -0.2) is 4.68 Å². The van der Waals surface area contributed by atoms with E-state index in [0.717, 1.165) is 5.56 Å². The molecule has 1 aromatic carbocycles. The Bertz CT molecular complexity index is 548. The van der Waals surface area contributed by atoms with Crippen molar-refractivity contribution in [1.29, 1.82) is 0 Å². The standard InChI is InChI=1S/C12H12ClN3O/c1-8-10(12(14)17)11(13)16(15-8)7-9-5-3-2-4-6-9/h2-6H,7H2,1H3,(H2,14,17). The zero-order valence-corrected chi connectivity index (χ0v) is 10.1. The van der Waals surface area contributed by atoms with Crippen molar-refractivity contribution < 1.29 is 4.79 Å². The Kier molecular flexibility index (Phi) is 3.15. The Morgan fingerprint density at radius 1 is 1.41 bits per heavy atom. The van der Waals surface area contributed by atoms with Gasteiger partial charge in [-0.05, 0) is 12.5 Å². The van der Waals surface area contributed by atoms with Gasteiger partial charge in [0.1, 0.15) is 5.15 Å². The summed E-state index contributed by atoms with van der Waals surface area (Å²) in [6.45, 7) is 2.24. The molecule has 0 bridgehead atoms. The molecule has 88 valence electrons. The fraction of sp³-hybridized carbons (Fsp3) is 0.167. The first-order valence-electron chi connectivity index (χ1n) is 5.16. The summed E-state index contributed by atoms with van der Waals surface area (Å²) in [4.78, 5) is 11.2. The van der Waals surface area contributed by atoms with E-state index in [9.17, 15) is 4.79 Å². The summed E-state index contributed by atoms with van der Waals surface area (Å²) in [5, 5.41) is 4.50. The molecule has 2 aromatic rings. The van der Waals surface area contributed by atoms with Crippen molar-refractivity contribution in [2.45, 2.75) is 13.5 Å². The average Bonchev–Trinajstić information content (AvgIpc) is 2.55. The fourth-order valence-electron chi connectivity index (χ4n) is 1.69. The number of halogens is 1. The summed E-state index contributed by atoms with van der Waals surface area (Å²) in [7, 11) is 0. The molecule has 4 nitrogen and oxygen atoms in total. The van der Waals surface area contributed by atoms with E-state index in [0.29, 0.717) is 23.0 Å². The zero-order valence-electron chi connectivity index (χ0n) is 9.35. The number of nitrogens with two attached hydrogens (primary N) is 1. The highest BCUT2D eigenvalue weighted by molar-refractivity contribution is 6.33. The van der Waals surface area contributed by atoms with Gasteiger partial charge in [-0.2, -0.15) is 5.10 Å². The van der Waals surface area contributed by atoms with E-state index in [4.69, 9.17) is 17.3 Å². The van der Waals surface area contributed by atoms with E-state index >= 15 is 0 Å². The number of amides is 1. The average molecular weight is 250 g/mol. The van der Waals surface area contributed by atoms with Gasteiger partial charge in [-0.3, -0.25) is 4.79 Å². The molecule has 0 unspecified atom stereocenters. The molecule has 5 heteroatoms. The van der Waals surface area contributed by atoms with E-state index in [1.165, 1.54) is 0 Å². The summed E-state index contributed by atoms with van der Waals surface area (Å²) in [5.41, 5.74) is 7.16. The number of aromatic nitrogens is 2. The van der Waals surface area contributed by atoms with E-state index in [-0.39, 0.29) is 0 Å². The normalized spacial score (nSPS) is 10.5. The SMILES string of the molecule is Cc1nn(Cc2ccccc2)c(Cl)c1C(N)=O. The van der Waals surface area contributed by atoms with Crippen LogP contribution in [0.2, 0.25) is 5.15 Å². The number of aryl methyl sites for hydroxylation is 1. The van der Waals surface area contributed by atoms with Crippen molar-refractivity contribution in [3.8, 4) is 0 Å². The molecule has 0 atom stereocenters. The molecule has 1 amide bonds. The molecule has 1 aromatic heterocycles. The first kappa shape index (κ1) is 11.7. The van der Waals surface area contributed by atoms with Gasteiger partial charge < -0.3 is 5.73 Å². The van der Waals surface area contributed by atoms with E-state index in [1.54, 1.807) is 11.6 Å². The lowest BCUT2D eigenvalue weighted by Crippen LogP contribution is -2.12. The molecule has 0 spiro atoms. The van der Waals surface area contributed by atoms with Crippen LogP contribution in [0, 0.1) is 6.92 Å². The van der Waals surface area contributed by atoms with Crippen LogP contribution in [-0.4, -0.2) is 15.7 Å². The number of benzene rings is 1. The molecular formula is C12H12ClN3O. The molecule has 0 radical (unpaired) electrons. The molecular weight excluding hydrogens is 238 g/mol. The molecule has 0 aliphatic heterocycles. The van der Waals surface area contributed by atoms with Gasteiger partial charge in [-0.15, -0.1) is 0 Å². The predicted octanol–water partition coefficient (Wildman–Crippen LogP) is 1.99. The maximum Gasteiger partial charge on any atom is 0.253 e. The van der Waals surface area contributed by atoms with Crippen LogP contribution >= 0.6 is 11.6 Å². The van der Waals surface area contributed by atoms with Crippen LogP contribution < -0.4 is 5.73 Å². The number of carbonyl (C=O) groups is 1. The summed E-state index contributed by atoms with van der Waals surface area (Å²) in [6, 6.07) is 9.76. The molecule has 17 heavy (non-hydrogen) atoms. The molecule has 0 aliphatic rings. The summed E-state index contributed by atoms with van der Waals surface area (Å²) >= 11 is 6.07. The van der Waals surface area contributed by atoms with Crippen molar-refractivity contribution in [2.75, 3.05) is 0 Å². The maximum absolute atomic E-state index is 11.2. The zero-order chi connectivity index (χ0) is 12.4. The van der Waals surface area contributed by atoms with Crippen LogP contribution in [0.1, 0.15) is 21.6 Å².